The summed E-state index contributed by atoms with van der Waals surface area (Å²) in [7, 11) is 2.03. The minimum absolute atomic E-state index is 0.158. The van der Waals surface area contributed by atoms with Crippen LogP contribution in [0.3, 0.4) is 0 Å². The minimum atomic E-state index is -0.158. The number of carbonyl (C=O) groups excluding carboxylic acids is 1. The molecule has 0 saturated heterocycles. The maximum atomic E-state index is 12.0. The van der Waals surface area contributed by atoms with Crippen LogP contribution in [0, 0.1) is 0 Å². The van der Waals surface area contributed by atoms with Gasteiger partial charge in [0.05, 0.1) is 0 Å². The van der Waals surface area contributed by atoms with Gasteiger partial charge in [0.1, 0.15) is 10.7 Å². The Kier molecular flexibility index (Phi) is 6.22. The highest BCUT2D eigenvalue weighted by Gasteiger charge is 2.16. The molecular weight excluding hydrogens is 274 g/mol. The Morgan fingerprint density at radius 1 is 1.40 bits per heavy atom. The minimum Gasteiger partial charge on any atom is -0.382 e. The van der Waals surface area contributed by atoms with Crippen LogP contribution >= 0.6 is 11.3 Å². The molecule has 1 amide bonds. The number of carbonyl (C=O) groups is 1. The zero-order valence-corrected chi connectivity index (χ0v) is 13.7. The van der Waals surface area contributed by atoms with Crippen LogP contribution in [0.1, 0.15) is 37.4 Å². The second-order valence-corrected chi connectivity index (χ2v) is 6.36. The van der Waals surface area contributed by atoms with Gasteiger partial charge in [0.25, 0.3) is 5.91 Å². The van der Waals surface area contributed by atoms with Crippen LogP contribution in [0.25, 0.3) is 0 Å². The standard InChI is InChI=1S/C13H25N5OS/c1-8(2)16-13-17-11(14)10(20-13)12(19)15-6-7-18(5)9(3)4/h8-9H,6-7,14H2,1-5H3,(H,15,19)(H,16,17). The molecule has 1 heterocycles. The Balaban J connectivity index is 2.53. The molecule has 114 valence electrons. The topological polar surface area (TPSA) is 83.3 Å². The first-order valence-corrected chi connectivity index (χ1v) is 7.64. The van der Waals surface area contributed by atoms with Crippen molar-refractivity contribution in [2.75, 3.05) is 31.2 Å². The van der Waals surface area contributed by atoms with Gasteiger partial charge in [-0.25, -0.2) is 4.98 Å². The van der Waals surface area contributed by atoms with Gasteiger partial charge in [-0.3, -0.25) is 4.79 Å². The average molecular weight is 299 g/mol. The third-order valence-corrected chi connectivity index (χ3v) is 3.90. The summed E-state index contributed by atoms with van der Waals surface area (Å²) in [6.07, 6.45) is 0. The van der Waals surface area contributed by atoms with Crippen LogP contribution in [0.15, 0.2) is 0 Å². The summed E-state index contributed by atoms with van der Waals surface area (Å²) in [6, 6.07) is 0.721. The van der Waals surface area contributed by atoms with Crippen LogP contribution in [-0.4, -0.2) is 48.0 Å². The number of amides is 1. The maximum Gasteiger partial charge on any atom is 0.265 e. The normalized spacial score (nSPS) is 11.4. The van der Waals surface area contributed by atoms with Gasteiger partial charge in [-0.2, -0.15) is 0 Å². The Labute approximate surface area is 124 Å². The molecule has 6 nitrogen and oxygen atoms in total. The van der Waals surface area contributed by atoms with Crippen molar-refractivity contribution in [3.63, 3.8) is 0 Å². The van der Waals surface area contributed by atoms with Crippen molar-refractivity contribution in [2.45, 2.75) is 39.8 Å². The van der Waals surface area contributed by atoms with E-state index in [2.05, 4.69) is 34.4 Å². The summed E-state index contributed by atoms with van der Waals surface area (Å²) in [5, 5.41) is 6.71. The third-order valence-electron chi connectivity index (χ3n) is 2.90. The van der Waals surface area contributed by atoms with Crippen molar-refractivity contribution in [1.82, 2.24) is 15.2 Å². The van der Waals surface area contributed by atoms with Gasteiger partial charge in [0.15, 0.2) is 5.13 Å². The SMILES string of the molecule is CC(C)Nc1nc(N)c(C(=O)NCCN(C)C(C)C)s1. The highest BCUT2D eigenvalue weighted by molar-refractivity contribution is 7.18. The summed E-state index contributed by atoms with van der Waals surface area (Å²) in [5.41, 5.74) is 5.79. The lowest BCUT2D eigenvalue weighted by molar-refractivity contribution is 0.0953. The molecule has 1 aromatic heterocycles. The predicted molar refractivity (Wildman–Crippen MR) is 85.4 cm³/mol. The molecule has 0 bridgehead atoms. The Morgan fingerprint density at radius 3 is 2.60 bits per heavy atom. The molecule has 0 saturated carbocycles. The van der Waals surface area contributed by atoms with E-state index in [1.807, 2.05) is 20.9 Å². The average Bonchev–Trinajstić information content (AvgIpc) is 2.68. The van der Waals surface area contributed by atoms with Gasteiger partial charge in [-0.05, 0) is 34.7 Å². The number of anilines is 2. The Hall–Kier alpha value is -1.34. The van der Waals surface area contributed by atoms with E-state index in [0.717, 1.165) is 6.54 Å². The molecule has 0 atom stereocenters. The number of aromatic nitrogens is 1. The molecule has 0 aliphatic carbocycles. The molecule has 0 spiro atoms. The van der Waals surface area contributed by atoms with E-state index in [9.17, 15) is 4.79 Å². The molecule has 0 aliphatic heterocycles. The number of hydrogen-bond acceptors (Lipinski definition) is 6. The van der Waals surface area contributed by atoms with Gasteiger partial charge in [0.2, 0.25) is 0 Å². The van der Waals surface area contributed by atoms with Crippen molar-refractivity contribution < 1.29 is 4.79 Å². The lowest BCUT2D eigenvalue weighted by Gasteiger charge is -2.20. The van der Waals surface area contributed by atoms with Gasteiger partial charge in [-0.15, -0.1) is 0 Å². The summed E-state index contributed by atoms with van der Waals surface area (Å²) in [6.45, 7) is 9.66. The fourth-order valence-electron chi connectivity index (χ4n) is 1.49. The number of rotatable bonds is 7. The van der Waals surface area contributed by atoms with Crippen LogP contribution in [0.2, 0.25) is 0 Å². The van der Waals surface area contributed by atoms with Crippen molar-refractivity contribution in [3.05, 3.63) is 4.88 Å². The number of hydrogen-bond donors (Lipinski definition) is 3. The molecule has 1 rings (SSSR count). The first-order valence-electron chi connectivity index (χ1n) is 6.82. The molecule has 0 fully saturated rings. The molecule has 20 heavy (non-hydrogen) atoms. The number of nitrogens with zero attached hydrogens (tertiary/aromatic N) is 2. The smallest absolute Gasteiger partial charge is 0.265 e. The van der Waals surface area contributed by atoms with Gasteiger partial charge < -0.3 is 21.3 Å². The zero-order chi connectivity index (χ0) is 15.3. The molecule has 0 aromatic carbocycles. The molecule has 0 radical (unpaired) electrons. The largest absolute Gasteiger partial charge is 0.382 e. The van der Waals surface area contributed by atoms with E-state index in [4.69, 9.17) is 5.73 Å². The summed E-state index contributed by atoms with van der Waals surface area (Å²) in [4.78, 5) is 18.8. The fourth-order valence-corrected chi connectivity index (χ4v) is 2.43. The van der Waals surface area contributed by atoms with Crippen LogP contribution < -0.4 is 16.4 Å². The van der Waals surface area contributed by atoms with Gasteiger partial charge >= 0.3 is 0 Å². The summed E-state index contributed by atoms with van der Waals surface area (Å²) >= 11 is 1.29. The van der Waals surface area contributed by atoms with Crippen molar-refractivity contribution in [2.24, 2.45) is 0 Å². The van der Waals surface area contributed by atoms with Crippen molar-refractivity contribution in [1.29, 1.82) is 0 Å². The molecular formula is C13H25N5OS. The van der Waals surface area contributed by atoms with Crippen molar-refractivity contribution in [3.8, 4) is 0 Å². The van der Waals surface area contributed by atoms with E-state index in [1.54, 1.807) is 0 Å². The van der Waals surface area contributed by atoms with E-state index in [-0.39, 0.29) is 17.8 Å². The van der Waals surface area contributed by atoms with Crippen LogP contribution in [0.4, 0.5) is 10.9 Å². The number of nitrogen functional groups attached to an aromatic ring is 1. The monoisotopic (exact) mass is 299 g/mol. The van der Waals surface area contributed by atoms with E-state index in [1.165, 1.54) is 11.3 Å². The number of nitrogens with one attached hydrogen (secondary N) is 2. The lowest BCUT2D eigenvalue weighted by Crippen LogP contribution is -2.36. The predicted octanol–water partition coefficient (Wildman–Crippen LogP) is 1.62. The summed E-state index contributed by atoms with van der Waals surface area (Å²) in [5.74, 6) is 0.127. The number of nitrogens with two attached hydrogens (primary N) is 1. The van der Waals surface area contributed by atoms with E-state index in [0.29, 0.717) is 22.6 Å². The van der Waals surface area contributed by atoms with Crippen LogP contribution in [-0.2, 0) is 0 Å². The fraction of sp³-hybridized carbons (Fsp3) is 0.692. The number of likely N-dealkylation sites (N-methyl/N-ethyl adjacent to an activating group) is 1. The van der Waals surface area contributed by atoms with Crippen LogP contribution in [0.5, 0.6) is 0 Å². The van der Waals surface area contributed by atoms with Crippen molar-refractivity contribution >= 4 is 28.2 Å². The highest BCUT2D eigenvalue weighted by Crippen LogP contribution is 2.25. The molecule has 0 aliphatic rings. The number of thiazole rings is 1. The highest BCUT2D eigenvalue weighted by atomic mass is 32.1. The van der Waals surface area contributed by atoms with E-state index < -0.39 is 0 Å². The Morgan fingerprint density at radius 2 is 2.05 bits per heavy atom. The molecule has 4 N–H and O–H groups in total. The third kappa shape index (κ3) is 4.97. The maximum absolute atomic E-state index is 12.0. The first-order chi connectivity index (χ1) is 9.31. The van der Waals surface area contributed by atoms with E-state index >= 15 is 0 Å². The Bertz CT molecular complexity index is 444. The summed E-state index contributed by atoms with van der Waals surface area (Å²) < 4.78 is 0. The van der Waals surface area contributed by atoms with Gasteiger partial charge in [0, 0.05) is 25.2 Å². The molecule has 7 heteroatoms. The quantitative estimate of drug-likeness (QED) is 0.712. The lowest BCUT2D eigenvalue weighted by atomic mass is 10.3. The molecule has 0 unspecified atom stereocenters. The zero-order valence-electron chi connectivity index (χ0n) is 12.9. The molecule has 1 aromatic rings. The second kappa shape index (κ2) is 7.44. The van der Waals surface area contributed by atoms with Gasteiger partial charge in [-0.1, -0.05) is 11.3 Å². The second-order valence-electron chi connectivity index (χ2n) is 5.36. The first kappa shape index (κ1) is 16.7.